The Labute approximate surface area is 85.0 Å². The lowest BCUT2D eigenvalue weighted by atomic mass is 10.0. The molecule has 0 fully saturated rings. The molecule has 0 N–H and O–H groups in total. The first-order chi connectivity index (χ1) is 6.11. The molecule has 0 aliphatic rings. The van der Waals surface area contributed by atoms with Gasteiger partial charge in [-0.25, -0.2) is 0 Å². The van der Waals surface area contributed by atoms with Crippen LogP contribution >= 0.6 is 9.24 Å². The normalized spacial score (nSPS) is 9.38. The van der Waals surface area contributed by atoms with Crippen molar-refractivity contribution in [1.82, 2.24) is 0 Å². The lowest BCUT2D eigenvalue weighted by molar-refractivity contribution is 0.866. The number of rotatable bonds is 1. The largest absolute Gasteiger partial charge is 0.138 e. The van der Waals surface area contributed by atoms with E-state index in [9.17, 15) is 0 Å². The topological polar surface area (TPSA) is 0 Å². The summed E-state index contributed by atoms with van der Waals surface area (Å²) in [5, 5.41) is 0. The monoisotopic (exact) mass is 196 g/mol. The van der Waals surface area contributed by atoms with Crippen LogP contribution in [0.3, 0.4) is 0 Å². The molecule has 0 nitrogen and oxygen atoms in total. The van der Waals surface area contributed by atoms with Gasteiger partial charge in [0.15, 0.2) is 0 Å². The first kappa shape index (κ1) is 12.7. The second-order valence-electron chi connectivity index (χ2n) is 3.47. The van der Waals surface area contributed by atoms with Crippen molar-refractivity contribution in [1.29, 1.82) is 0 Å². The van der Waals surface area contributed by atoms with Gasteiger partial charge in [0.05, 0.1) is 0 Å². The van der Waals surface area contributed by atoms with Gasteiger partial charge in [-0.1, -0.05) is 50.6 Å². The molecule has 74 valence electrons. The van der Waals surface area contributed by atoms with Gasteiger partial charge in [0.25, 0.3) is 0 Å². The van der Waals surface area contributed by atoms with Gasteiger partial charge in [0.1, 0.15) is 0 Å². The minimum Gasteiger partial charge on any atom is -0.138 e. The maximum Gasteiger partial charge on any atom is -0.0219 e. The molecular weight excluding hydrogens is 175 g/mol. The Bertz CT molecular complexity index is 211. The van der Waals surface area contributed by atoms with Crippen LogP contribution in [0.4, 0.5) is 0 Å². The Kier molecular flexibility index (Phi) is 6.90. The standard InChI is InChI=1S/C10H14.C2H7P/c1-8(2)10-6-4-9(3)5-7-10;1-2-3/h4-8H,1-3H3;2-3H2,1H3. The zero-order chi connectivity index (χ0) is 10.3. The first-order valence-electron chi connectivity index (χ1n) is 4.88. The summed E-state index contributed by atoms with van der Waals surface area (Å²) in [6.07, 6.45) is 1.17. The summed E-state index contributed by atoms with van der Waals surface area (Å²) in [5.41, 5.74) is 2.76. The molecule has 1 aromatic rings. The fourth-order valence-electron chi connectivity index (χ4n) is 0.951. The highest BCUT2D eigenvalue weighted by atomic mass is 31.0. The second-order valence-corrected chi connectivity index (χ2v) is 4.29. The summed E-state index contributed by atoms with van der Waals surface area (Å²) in [6.45, 7) is 8.63. The molecular formula is C12H21P. The van der Waals surface area contributed by atoms with Crippen LogP contribution in [-0.2, 0) is 0 Å². The van der Waals surface area contributed by atoms with Gasteiger partial charge in [0.2, 0.25) is 0 Å². The van der Waals surface area contributed by atoms with Gasteiger partial charge in [-0.05, 0) is 24.6 Å². The van der Waals surface area contributed by atoms with Crippen LogP contribution in [0, 0.1) is 6.92 Å². The maximum atomic E-state index is 2.58. The molecule has 0 aromatic heterocycles. The maximum absolute atomic E-state index is 2.58. The molecule has 1 atom stereocenters. The zero-order valence-corrected chi connectivity index (χ0v) is 10.3. The number of hydrogen-bond donors (Lipinski definition) is 0. The summed E-state index contributed by atoms with van der Waals surface area (Å²) < 4.78 is 0. The van der Waals surface area contributed by atoms with Crippen molar-refractivity contribution in [2.24, 2.45) is 0 Å². The summed E-state index contributed by atoms with van der Waals surface area (Å²) in [4.78, 5) is 0. The van der Waals surface area contributed by atoms with Crippen LogP contribution in [0.1, 0.15) is 37.8 Å². The van der Waals surface area contributed by atoms with Crippen molar-refractivity contribution in [2.45, 2.75) is 33.6 Å². The van der Waals surface area contributed by atoms with Crippen molar-refractivity contribution in [3.05, 3.63) is 35.4 Å². The molecule has 1 unspecified atom stereocenters. The van der Waals surface area contributed by atoms with Crippen LogP contribution in [0.15, 0.2) is 24.3 Å². The first-order valence-corrected chi connectivity index (χ1v) is 5.70. The molecule has 1 aromatic carbocycles. The Morgan fingerprint density at radius 2 is 1.54 bits per heavy atom. The predicted octanol–water partition coefficient (Wildman–Crippen LogP) is 4.00. The lowest BCUT2D eigenvalue weighted by Crippen LogP contribution is -1.85. The third-order valence-electron chi connectivity index (χ3n) is 1.74. The van der Waals surface area contributed by atoms with Gasteiger partial charge < -0.3 is 0 Å². The van der Waals surface area contributed by atoms with Crippen LogP contribution in [0.25, 0.3) is 0 Å². The van der Waals surface area contributed by atoms with Gasteiger partial charge in [-0.3, -0.25) is 0 Å². The third kappa shape index (κ3) is 5.82. The zero-order valence-electron chi connectivity index (χ0n) is 9.17. The van der Waals surface area contributed by atoms with Gasteiger partial charge >= 0.3 is 0 Å². The molecule has 0 heterocycles. The van der Waals surface area contributed by atoms with E-state index in [1.54, 1.807) is 0 Å². The van der Waals surface area contributed by atoms with Crippen molar-refractivity contribution in [3.8, 4) is 0 Å². The van der Waals surface area contributed by atoms with E-state index < -0.39 is 0 Å². The molecule has 0 saturated carbocycles. The molecule has 0 radical (unpaired) electrons. The Morgan fingerprint density at radius 3 is 1.85 bits per heavy atom. The van der Waals surface area contributed by atoms with Gasteiger partial charge in [-0.2, -0.15) is 0 Å². The van der Waals surface area contributed by atoms with Crippen molar-refractivity contribution < 1.29 is 0 Å². The Morgan fingerprint density at radius 1 is 1.15 bits per heavy atom. The molecule has 1 heteroatoms. The van der Waals surface area contributed by atoms with Crippen LogP contribution in [0.2, 0.25) is 0 Å². The van der Waals surface area contributed by atoms with Gasteiger partial charge in [-0.15, -0.1) is 9.24 Å². The molecule has 0 aliphatic heterocycles. The second kappa shape index (κ2) is 7.09. The summed E-state index contributed by atoms with van der Waals surface area (Å²) >= 11 is 0. The average Bonchev–Trinajstić information content (AvgIpc) is 2.06. The Hall–Kier alpha value is -0.350. The van der Waals surface area contributed by atoms with E-state index in [1.165, 1.54) is 17.3 Å². The summed E-state index contributed by atoms with van der Waals surface area (Å²) in [7, 11) is 2.58. The molecule has 0 bridgehead atoms. The highest BCUT2D eigenvalue weighted by Crippen LogP contribution is 2.13. The highest BCUT2D eigenvalue weighted by Gasteiger charge is 1.95. The molecule has 1 rings (SSSR count). The fraction of sp³-hybridized carbons (Fsp3) is 0.500. The molecule has 0 amide bonds. The van der Waals surface area contributed by atoms with Crippen LogP contribution in [-0.4, -0.2) is 6.16 Å². The van der Waals surface area contributed by atoms with E-state index in [2.05, 4.69) is 61.2 Å². The fourth-order valence-corrected chi connectivity index (χ4v) is 0.951. The Balaban J connectivity index is 0.000000424. The van der Waals surface area contributed by atoms with Crippen molar-refractivity contribution in [3.63, 3.8) is 0 Å². The highest BCUT2D eigenvalue weighted by molar-refractivity contribution is 7.16. The van der Waals surface area contributed by atoms with Crippen LogP contribution < -0.4 is 0 Å². The molecule has 0 saturated heterocycles. The number of hydrogen-bond acceptors (Lipinski definition) is 0. The van der Waals surface area contributed by atoms with E-state index in [4.69, 9.17) is 0 Å². The summed E-state index contributed by atoms with van der Waals surface area (Å²) in [6, 6.07) is 8.71. The smallest absolute Gasteiger partial charge is 0.0219 e. The number of benzene rings is 1. The van der Waals surface area contributed by atoms with Crippen molar-refractivity contribution >= 4 is 9.24 Å². The predicted molar refractivity (Wildman–Crippen MR) is 65.5 cm³/mol. The quantitative estimate of drug-likeness (QED) is 0.595. The lowest BCUT2D eigenvalue weighted by Gasteiger charge is -2.03. The van der Waals surface area contributed by atoms with E-state index >= 15 is 0 Å². The third-order valence-corrected chi connectivity index (χ3v) is 1.74. The van der Waals surface area contributed by atoms with Gasteiger partial charge in [0, 0.05) is 0 Å². The van der Waals surface area contributed by atoms with E-state index in [1.807, 2.05) is 0 Å². The average molecular weight is 196 g/mol. The minimum atomic E-state index is 0.653. The van der Waals surface area contributed by atoms with E-state index in [0.717, 1.165) is 0 Å². The number of aryl methyl sites for hydroxylation is 1. The van der Waals surface area contributed by atoms with Crippen molar-refractivity contribution in [2.75, 3.05) is 6.16 Å². The molecule has 0 spiro atoms. The molecule has 13 heavy (non-hydrogen) atoms. The minimum absolute atomic E-state index is 0.653. The summed E-state index contributed by atoms with van der Waals surface area (Å²) in [5.74, 6) is 0.653. The SMILES string of the molecule is CCP.Cc1ccc(C(C)C)cc1. The van der Waals surface area contributed by atoms with E-state index in [-0.39, 0.29) is 0 Å². The van der Waals surface area contributed by atoms with E-state index in [0.29, 0.717) is 5.92 Å². The van der Waals surface area contributed by atoms with Crippen LogP contribution in [0.5, 0.6) is 0 Å². The molecule has 0 aliphatic carbocycles.